The maximum absolute atomic E-state index is 5.42. The Bertz CT molecular complexity index is 411. The van der Waals surface area contributed by atoms with Crippen LogP contribution in [0.15, 0.2) is 18.2 Å². The molecule has 18 heavy (non-hydrogen) atoms. The number of nitrogens with zero attached hydrogens (tertiary/aromatic N) is 1. The van der Waals surface area contributed by atoms with Gasteiger partial charge in [-0.3, -0.25) is 4.90 Å². The number of hydrogen-bond donors (Lipinski definition) is 1. The molecule has 1 aromatic rings. The maximum Gasteiger partial charge on any atom is 0.0595 e. The van der Waals surface area contributed by atoms with E-state index < -0.39 is 0 Å². The molecular formula is C15H22N2O. The molecule has 0 saturated carbocycles. The molecule has 98 valence electrons. The van der Waals surface area contributed by atoms with Gasteiger partial charge in [0, 0.05) is 39.0 Å². The minimum absolute atomic E-state index is 0.477. The van der Waals surface area contributed by atoms with E-state index in [1.54, 1.807) is 0 Å². The molecule has 1 fully saturated rings. The predicted octanol–water partition coefficient (Wildman–Crippen LogP) is 2.27. The fourth-order valence-corrected chi connectivity index (χ4v) is 3.02. The molecule has 2 heterocycles. The number of rotatable bonds is 3. The molecule has 3 heteroatoms. The van der Waals surface area contributed by atoms with E-state index in [9.17, 15) is 0 Å². The Hall–Kier alpha value is -1.06. The number of piperidine rings is 1. The van der Waals surface area contributed by atoms with Crippen molar-refractivity contribution in [2.75, 3.05) is 32.1 Å². The Kier molecular flexibility index (Phi) is 3.52. The minimum Gasteiger partial charge on any atom is -0.384 e. The van der Waals surface area contributed by atoms with Crippen molar-refractivity contribution in [2.45, 2.75) is 31.9 Å². The molecule has 0 bridgehead atoms. The van der Waals surface area contributed by atoms with Gasteiger partial charge in [-0.15, -0.1) is 0 Å². The Morgan fingerprint density at radius 3 is 2.94 bits per heavy atom. The van der Waals surface area contributed by atoms with E-state index in [4.69, 9.17) is 4.74 Å². The zero-order chi connectivity index (χ0) is 12.4. The van der Waals surface area contributed by atoms with Gasteiger partial charge in [-0.05, 0) is 36.5 Å². The average Bonchev–Trinajstić information content (AvgIpc) is 2.87. The summed E-state index contributed by atoms with van der Waals surface area (Å²) in [5, 5.41) is 3.41. The van der Waals surface area contributed by atoms with Gasteiger partial charge in [0.25, 0.3) is 0 Å². The molecule has 3 rings (SSSR count). The van der Waals surface area contributed by atoms with Crippen LogP contribution in [0.3, 0.4) is 0 Å². The molecule has 0 spiro atoms. The smallest absolute Gasteiger partial charge is 0.0595 e. The minimum atomic E-state index is 0.477. The highest BCUT2D eigenvalue weighted by Crippen LogP contribution is 2.24. The summed E-state index contributed by atoms with van der Waals surface area (Å²) >= 11 is 0. The van der Waals surface area contributed by atoms with Crippen LogP contribution in [-0.4, -0.2) is 37.7 Å². The summed E-state index contributed by atoms with van der Waals surface area (Å²) in [4.78, 5) is 2.54. The van der Waals surface area contributed by atoms with Gasteiger partial charge in [-0.2, -0.15) is 0 Å². The van der Waals surface area contributed by atoms with Gasteiger partial charge < -0.3 is 10.1 Å². The summed E-state index contributed by atoms with van der Waals surface area (Å²) in [6.45, 7) is 4.50. The molecule has 1 aromatic carbocycles. The number of hydrogen-bond acceptors (Lipinski definition) is 3. The topological polar surface area (TPSA) is 24.5 Å². The number of methoxy groups -OCH3 is 1. The summed E-state index contributed by atoms with van der Waals surface area (Å²) in [7, 11) is 1.83. The van der Waals surface area contributed by atoms with Crippen LogP contribution < -0.4 is 5.32 Å². The molecule has 1 saturated heterocycles. The second kappa shape index (κ2) is 5.29. The van der Waals surface area contributed by atoms with Gasteiger partial charge in [0.1, 0.15) is 0 Å². The quantitative estimate of drug-likeness (QED) is 0.885. The zero-order valence-corrected chi connectivity index (χ0v) is 11.1. The van der Waals surface area contributed by atoms with E-state index >= 15 is 0 Å². The van der Waals surface area contributed by atoms with E-state index in [2.05, 4.69) is 28.4 Å². The lowest BCUT2D eigenvalue weighted by atomic mass is 10.0. The van der Waals surface area contributed by atoms with Crippen molar-refractivity contribution in [3.05, 3.63) is 29.3 Å². The number of fused-ring (bicyclic) bond motifs is 1. The Labute approximate surface area is 109 Å². The number of benzene rings is 1. The summed E-state index contributed by atoms with van der Waals surface area (Å²) in [6, 6.07) is 6.87. The second-order valence-electron chi connectivity index (χ2n) is 5.38. The van der Waals surface area contributed by atoms with Crippen molar-refractivity contribution >= 4 is 5.69 Å². The van der Waals surface area contributed by atoms with Crippen LogP contribution in [0.1, 0.15) is 24.0 Å². The first-order chi connectivity index (χ1) is 8.85. The van der Waals surface area contributed by atoms with Crippen molar-refractivity contribution in [3.8, 4) is 0 Å². The van der Waals surface area contributed by atoms with Crippen molar-refractivity contribution < 1.29 is 4.74 Å². The van der Waals surface area contributed by atoms with E-state index in [-0.39, 0.29) is 0 Å². The van der Waals surface area contributed by atoms with Crippen LogP contribution in [0.5, 0.6) is 0 Å². The summed E-state index contributed by atoms with van der Waals surface area (Å²) in [5.41, 5.74) is 4.27. The normalized spacial score (nSPS) is 20.7. The van der Waals surface area contributed by atoms with E-state index in [0.717, 1.165) is 26.2 Å². The molecule has 2 aliphatic heterocycles. The van der Waals surface area contributed by atoms with Crippen LogP contribution in [-0.2, 0) is 17.7 Å². The molecule has 0 radical (unpaired) electrons. The van der Waals surface area contributed by atoms with E-state index in [1.807, 2.05) is 7.11 Å². The highest BCUT2D eigenvalue weighted by atomic mass is 16.5. The summed E-state index contributed by atoms with van der Waals surface area (Å²) in [5.74, 6) is 0. The number of ether oxygens (including phenoxy) is 1. The zero-order valence-electron chi connectivity index (χ0n) is 11.1. The van der Waals surface area contributed by atoms with Gasteiger partial charge in [-0.1, -0.05) is 12.1 Å². The van der Waals surface area contributed by atoms with Gasteiger partial charge in [-0.25, -0.2) is 0 Å². The lowest BCUT2D eigenvalue weighted by Crippen LogP contribution is -2.36. The van der Waals surface area contributed by atoms with E-state index in [1.165, 1.54) is 36.1 Å². The van der Waals surface area contributed by atoms with Crippen molar-refractivity contribution in [1.29, 1.82) is 0 Å². The van der Waals surface area contributed by atoms with Gasteiger partial charge >= 0.3 is 0 Å². The molecule has 3 nitrogen and oxygen atoms in total. The maximum atomic E-state index is 5.42. The average molecular weight is 246 g/mol. The van der Waals surface area contributed by atoms with Crippen molar-refractivity contribution in [1.82, 2.24) is 4.90 Å². The summed E-state index contributed by atoms with van der Waals surface area (Å²) < 4.78 is 5.42. The molecule has 0 amide bonds. The lowest BCUT2D eigenvalue weighted by molar-refractivity contribution is 0.0388. The van der Waals surface area contributed by atoms with Crippen LogP contribution >= 0.6 is 0 Å². The second-order valence-corrected chi connectivity index (χ2v) is 5.38. The third kappa shape index (κ3) is 2.52. The van der Waals surface area contributed by atoms with Gasteiger partial charge in [0.05, 0.1) is 6.10 Å². The molecule has 0 unspecified atom stereocenters. The van der Waals surface area contributed by atoms with Crippen LogP contribution in [0.2, 0.25) is 0 Å². The van der Waals surface area contributed by atoms with Crippen LogP contribution in [0, 0.1) is 0 Å². The number of nitrogens with one attached hydrogen (secondary N) is 1. The first-order valence-corrected chi connectivity index (χ1v) is 6.96. The molecule has 0 atom stereocenters. The standard InChI is InChI=1S/C15H22N2O/c1-18-14-5-8-17(9-6-14)11-12-2-3-15-13(10-12)4-7-16-15/h2-3,10,14,16H,4-9,11H2,1H3. The largest absolute Gasteiger partial charge is 0.384 e. The number of anilines is 1. The molecule has 2 aliphatic rings. The predicted molar refractivity (Wildman–Crippen MR) is 73.9 cm³/mol. The first kappa shape index (κ1) is 12.0. The van der Waals surface area contributed by atoms with Crippen LogP contribution in [0.25, 0.3) is 0 Å². The summed E-state index contributed by atoms with van der Waals surface area (Å²) in [6.07, 6.45) is 3.99. The SMILES string of the molecule is COC1CCN(Cc2ccc3c(c2)CCN3)CC1. The van der Waals surface area contributed by atoms with Crippen LogP contribution in [0.4, 0.5) is 5.69 Å². The third-order valence-corrected chi connectivity index (χ3v) is 4.15. The Morgan fingerprint density at radius 2 is 2.17 bits per heavy atom. The molecule has 0 aliphatic carbocycles. The molecule has 0 aromatic heterocycles. The first-order valence-electron chi connectivity index (χ1n) is 6.96. The molecular weight excluding hydrogens is 224 g/mol. The van der Waals surface area contributed by atoms with Gasteiger partial charge in [0.2, 0.25) is 0 Å². The van der Waals surface area contributed by atoms with Crippen molar-refractivity contribution in [3.63, 3.8) is 0 Å². The van der Waals surface area contributed by atoms with Crippen molar-refractivity contribution in [2.24, 2.45) is 0 Å². The Morgan fingerprint density at radius 1 is 1.33 bits per heavy atom. The highest BCUT2D eigenvalue weighted by Gasteiger charge is 2.19. The fourth-order valence-electron chi connectivity index (χ4n) is 3.02. The number of likely N-dealkylation sites (tertiary alicyclic amines) is 1. The van der Waals surface area contributed by atoms with E-state index in [0.29, 0.717) is 6.10 Å². The Balaban J connectivity index is 1.60. The monoisotopic (exact) mass is 246 g/mol. The lowest BCUT2D eigenvalue weighted by Gasteiger charge is -2.31. The highest BCUT2D eigenvalue weighted by molar-refractivity contribution is 5.56. The van der Waals surface area contributed by atoms with Gasteiger partial charge in [0.15, 0.2) is 0 Å². The third-order valence-electron chi connectivity index (χ3n) is 4.15. The fraction of sp³-hybridized carbons (Fsp3) is 0.600. The molecule has 1 N–H and O–H groups in total.